The fourth-order valence-corrected chi connectivity index (χ4v) is 10.6. The number of fused-ring (bicyclic) bond motifs is 1. The molecule has 5 unspecified atom stereocenters. The zero-order valence-corrected chi connectivity index (χ0v) is 31.7. The Morgan fingerprint density at radius 2 is 1.44 bits per heavy atom. The van der Waals surface area contributed by atoms with E-state index in [2.05, 4.69) is 27.8 Å². The van der Waals surface area contributed by atoms with Gasteiger partial charge >= 0.3 is 12.0 Å². The molecule has 0 aromatic rings. The second-order valence-corrected chi connectivity index (χ2v) is 17.4. The highest BCUT2D eigenvalue weighted by molar-refractivity contribution is 5.90. The van der Waals surface area contributed by atoms with E-state index < -0.39 is 11.9 Å². The molecule has 6 fully saturated rings. The number of carboxylic acid groups (broad SMARTS) is 1. The van der Waals surface area contributed by atoms with Gasteiger partial charge in [0.05, 0.1) is 18.9 Å². The summed E-state index contributed by atoms with van der Waals surface area (Å²) in [5.41, 5.74) is 0. The topological polar surface area (TPSA) is 151 Å². The minimum Gasteiger partial charge on any atom is -0.481 e. The van der Waals surface area contributed by atoms with Crippen molar-refractivity contribution in [2.45, 2.75) is 166 Å². The Kier molecular flexibility index (Phi) is 13.8. The van der Waals surface area contributed by atoms with Crippen LogP contribution in [-0.2, 0) is 19.2 Å². The first-order valence-electron chi connectivity index (χ1n) is 21.0. The molecule has 2 heterocycles. The van der Waals surface area contributed by atoms with Crippen LogP contribution >= 0.6 is 0 Å². The zero-order chi connectivity index (χ0) is 36.6. The first kappa shape index (κ1) is 38.8. The number of carbonyl (C=O) groups excluding carboxylic acids is 4. The van der Waals surface area contributed by atoms with Crippen molar-refractivity contribution in [3.8, 4) is 0 Å². The average molecular weight is 727 g/mol. The number of carbonyl (C=O) groups is 5. The van der Waals surface area contributed by atoms with E-state index in [1.807, 2.05) is 4.90 Å². The monoisotopic (exact) mass is 727 g/mol. The molecule has 0 aromatic carbocycles. The first-order valence-corrected chi connectivity index (χ1v) is 21.0. The van der Waals surface area contributed by atoms with Crippen LogP contribution in [-0.4, -0.2) is 112 Å². The maximum absolute atomic E-state index is 14.0. The van der Waals surface area contributed by atoms with Crippen molar-refractivity contribution in [1.82, 2.24) is 30.7 Å². The maximum Gasteiger partial charge on any atom is 0.315 e. The molecule has 2 saturated heterocycles. The maximum atomic E-state index is 14.0. The van der Waals surface area contributed by atoms with E-state index in [1.54, 1.807) is 0 Å². The second-order valence-electron chi connectivity index (χ2n) is 17.4. The minimum absolute atomic E-state index is 0.00552. The molecule has 0 aromatic heterocycles. The second kappa shape index (κ2) is 18.4. The molecule has 4 aliphatic carbocycles. The molecule has 12 nitrogen and oxygen atoms in total. The number of amides is 5. The lowest BCUT2D eigenvalue weighted by atomic mass is 9.78. The lowest BCUT2D eigenvalue weighted by molar-refractivity contribution is -0.141. The van der Waals surface area contributed by atoms with E-state index in [1.165, 1.54) is 56.3 Å². The van der Waals surface area contributed by atoms with Crippen LogP contribution in [0.15, 0.2) is 0 Å². The highest BCUT2D eigenvalue weighted by atomic mass is 16.4. The summed E-state index contributed by atoms with van der Waals surface area (Å²) in [6.07, 6.45) is 18.7. The van der Waals surface area contributed by atoms with Gasteiger partial charge in [-0.25, -0.2) is 4.79 Å². The van der Waals surface area contributed by atoms with Gasteiger partial charge in [0.25, 0.3) is 0 Å². The Morgan fingerprint density at radius 1 is 0.750 bits per heavy atom. The van der Waals surface area contributed by atoms with Crippen LogP contribution in [0.4, 0.5) is 4.79 Å². The normalized spacial score (nSPS) is 32.8. The van der Waals surface area contributed by atoms with Crippen LogP contribution in [0.2, 0.25) is 0 Å². The van der Waals surface area contributed by atoms with Crippen LogP contribution in [0, 0.1) is 23.7 Å². The Labute approximate surface area is 310 Å². The summed E-state index contributed by atoms with van der Waals surface area (Å²) in [4.78, 5) is 71.5. The molecular formula is C40H66N6O6. The molecule has 52 heavy (non-hydrogen) atoms. The Morgan fingerprint density at radius 3 is 2.15 bits per heavy atom. The number of likely N-dealkylation sites (tertiary alicyclic amines) is 1. The number of carboxylic acids is 1. The smallest absolute Gasteiger partial charge is 0.315 e. The summed E-state index contributed by atoms with van der Waals surface area (Å²) in [6, 6.07) is 0.0171. The third-order valence-corrected chi connectivity index (χ3v) is 13.7. The van der Waals surface area contributed by atoms with Crippen molar-refractivity contribution < 1.29 is 29.1 Å². The predicted octanol–water partition coefficient (Wildman–Crippen LogP) is 4.66. The summed E-state index contributed by atoms with van der Waals surface area (Å²) < 4.78 is 0. The number of hydrogen-bond donors (Lipinski definition) is 4. The summed E-state index contributed by atoms with van der Waals surface area (Å²) in [5.74, 6) is -0.0943. The third kappa shape index (κ3) is 10.4. The SMILES string of the molecule is CC1CCCCC1NC(=O)NC1CCC(CC(=O)NC2CCC3C(C2)C(=O)N(CCC(=O)O)CC(=O)N3C2CCN(CC3CCCCC3)CC2)CC1. The summed E-state index contributed by atoms with van der Waals surface area (Å²) in [7, 11) is 0. The predicted molar refractivity (Wildman–Crippen MR) is 198 cm³/mol. The van der Waals surface area contributed by atoms with E-state index >= 15 is 0 Å². The van der Waals surface area contributed by atoms with Gasteiger partial charge in [0.1, 0.15) is 0 Å². The number of nitrogens with one attached hydrogen (secondary N) is 3. The lowest BCUT2D eigenvalue weighted by Gasteiger charge is -2.46. The molecule has 2 aliphatic heterocycles. The molecule has 5 atom stereocenters. The first-order chi connectivity index (χ1) is 25.1. The van der Waals surface area contributed by atoms with Crippen LogP contribution in [0.1, 0.15) is 135 Å². The van der Waals surface area contributed by atoms with Gasteiger partial charge in [0.15, 0.2) is 0 Å². The Bertz CT molecular complexity index is 1240. The highest BCUT2D eigenvalue weighted by Crippen LogP contribution is 2.37. The fourth-order valence-electron chi connectivity index (χ4n) is 10.6. The standard InChI is InChI=1S/C40H66N6O6/c1-27-7-5-6-10-34(27)43-40(52)42-30-13-11-28(12-14-30)23-36(47)41-31-15-16-35-33(24-31)39(51)45(22-19-38(49)50)26-37(48)46(35)32-17-20-44(21-18-32)25-29-8-3-2-4-9-29/h27-35H,2-26H2,1H3,(H,41,47)(H,49,50)(H2,42,43,52). The van der Waals surface area contributed by atoms with Crippen LogP contribution in [0.5, 0.6) is 0 Å². The van der Waals surface area contributed by atoms with Gasteiger partial charge in [-0.15, -0.1) is 0 Å². The number of urea groups is 1. The molecule has 4 N–H and O–H groups in total. The molecule has 12 heteroatoms. The molecule has 6 rings (SSSR count). The van der Waals surface area contributed by atoms with E-state index in [9.17, 15) is 29.1 Å². The van der Waals surface area contributed by atoms with Crippen molar-refractivity contribution >= 4 is 29.7 Å². The number of piperidine rings is 1. The molecular weight excluding hydrogens is 660 g/mol. The van der Waals surface area contributed by atoms with Gasteiger partial charge in [-0.05, 0) is 101 Å². The molecule has 5 amide bonds. The van der Waals surface area contributed by atoms with Gasteiger partial charge in [0, 0.05) is 62.8 Å². The fraction of sp³-hybridized carbons (Fsp3) is 0.875. The van der Waals surface area contributed by atoms with Gasteiger partial charge in [0.2, 0.25) is 17.7 Å². The van der Waals surface area contributed by atoms with Crippen molar-refractivity contribution in [1.29, 1.82) is 0 Å². The van der Waals surface area contributed by atoms with E-state index in [0.29, 0.717) is 31.6 Å². The Hall–Kier alpha value is -2.89. The van der Waals surface area contributed by atoms with Gasteiger partial charge in [-0.1, -0.05) is 39.0 Å². The quantitative estimate of drug-likeness (QED) is 0.242. The van der Waals surface area contributed by atoms with Gasteiger partial charge in [-0.2, -0.15) is 0 Å². The van der Waals surface area contributed by atoms with E-state index in [0.717, 1.165) is 70.5 Å². The van der Waals surface area contributed by atoms with Crippen LogP contribution in [0.25, 0.3) is 0 Å². The van der Waals surface area contributed by atoms with Crippen molar-refractivity contribution in [3.05, 3.63) is 0 Å². The molecule has 0 bridgehead atoms. The largest absolute Gasteiger partial charge is 0.481 e. The number of rotatable bonds is 11. The van der Waals surface area contributed by atoms with Crippen molar-refractivity contribution in [3.63, 3.8) is 0 Å². The van der Waals surface area contributed by atoms with E-state index in [4.69, 9.17) is 0 Å². The third-order valence-electron chi connectivity index (χ3n) is 13.7. The summed E-state index contributed by atoms with van der Waals surface area (Å²) in [5, 5.41) is 19.0. The summed E-state index contributed by atoms with van der Waals surface area (Å²) >= 11 is 0. The van der Waals surface area contributed by atoms with E-state index in [-0.39, 0.29) is 79.4 Å². The number of aliphatic carboxylic acids is 1. The minimum atomic E-state index is -0.987. The number of hydrogen-bond acceptors (Lipinski definition) is 6. The molecule has 0 radical (unpaired) electrons. The van der Waals surface area contributed by atoms with Crippen LogP contribution < -0.4 is 16.0 Å². The average Bonchev–Trinajstić information content (AvgIpc) is 3.23. The zero-order valence-electron chi connectivity index (χ0n) is 31.7. The summed E-state index contributed by atoms with van der Waals surface area (Å²) in [6.45, 7) is 5.23. The van der Waals surface area contributed by atoms with Gasteiger partial charge < -0.3 is 35.8 Å². The molecule has 6 aliphatic rings. The lowest BCUT2D eigenvalue weighted by Crippen LogP contribution is -2.57. The van der Waals surface area contributed by atoms with Crippen molar-refractivity contribution in [2.75, 3.05) is 32.7 Å². The Balaban J connectivity index is 0.998. The highest BCUT2D eigenvalue weighted by Gasteiger charge is 2.47. The van der Waals surface area contributed by atoms with Crippen molar-refractivity contribution in [2.24, 2.45) is 23.7 Å². The molecule has 292 valence electrons. The van der Waals surface area contributed by atoms with Gasteiger partial charge in [-0.3, -0.25) is 19.2 Å². The number of nitrogens with zero attached hydrogens (tertiary/aromatic N) is 3. The van der Waals surface area contributed by atoms with Crippen LogP contribution in [0.3, 0.4) is 0 Å². The molecule has 0 spiro atoms. The molecule has 4 saturated carbocycles.